The fraction of sp³-hybridized carbons (Fsp3) is 0.364. The molecule has 0 aromatic heterocycles. The molecule has 0 fully saturated rings. The number of hydrogen-bond acceptors (Lipinski definition) is 4. The first-order valence-electron chi connectivity index (χ1n) is 4.50. The molecule has 0 aliphatic heterocycles. The van der Waals surface area contributed by atoms with E-state index in [1.165, 1.54) is 6.92 Å². The summed E-state index contributed by atoms with van der Waals surface area (Å²) in [5.41, 5.74) is 0.176. The van der Waals surface area contributed by atoms with E-state index in [4.69, 9.17) is 10.4 Å². The monoisotopic (exact) mass is 225 g/mol. The van der Waals surface area contributed by atoms with Gasteiger partial charge >= 0.3 is 11.9 Å². The number of aliphatic carboxylic acids is 1. The molecule has 5 heteroatoms. The van der Waals surface area contributed by atoms with Gasteiger partial charge < -0.3 is 9.84 Å². The normalized spacial score (nSPS) is 7.75. The predicted octanol–water partition coefficient (Wildman–Crippen LogP) is 1.67. The van der Waals surface area contributed by atoms with Gasteiger partial charge in [0.25, 0.3) is 0 Å². The molecule has 0 bridgehead atoms. The van der Waals surface area contributed by atoms with Crippen molar-refractivity contribution in [2.45, 2.75) is 19.8 Å². The molecule has 0 aliphatic carbocycles. The average Bonchev–Trinajstić information content (AvgIpc) is 2.24. The van der Waals surface area contributed by atoms with Crippen molar-refractivity contribution in [3.05, 3.63) is 24.8 Å². The summed E-state index contributed by atoms with van der Waals surface area (Å²) in [7, 11) is 0. The van der Waals surface area contributed by atoms with Crippen LogP contribution in [0.25, 0.3) is 0 Å². The highest BCUT2D eigenvalue weighted by atomic mass is 16.5. The van der Waals surface area contributed by atoms with Gasteiger partial charge in [-0.15, -0.1) is 0 Å². The zero-order valence-corrected chi connectivity index (χ0v) is 9.23. The molecule has 0 aromatic rings. The van der Waals surface area contributed by atoms with Crippen molar-refractivity contribution >= 4 is 11.9 Å². The van der Waals surface area contributed by atoms with Crippen LogP contribution in [0.5, 0.6) is 0 Å². The number of carboxylic acid groups (broad SMARTS) is 1. The number of carboxylic acids is 1. The van der Waals surface area contributed by atoms with E-state index in [2.05, 4.69) is 17.9 Å². The minimum atomic E-state index is -0.935. The molecule has 88 valence electrons. The standard InChI is InChI=1S/C7H9NO2.C4H6O2/c1-2-7(9)10-6-4-3-5-8;1-3(2)4(5)6/h2H,1,3-4,6H2;1H2,2H3,(H,5,6). The van der Waals surface area contributed by atoms with Crippen LogP contribution in [0, 0.1) is 11.3 Å². The molecule has 0 aliphatic rings. The number of nitrogens with zero attached hydrogens (tertiary/aromatic N) is 1. The molecular formula is C11H15NO4. The maximum absolute atomic E-state index is 10.4. The van der Waals surface area contributed by atoms with Crippen molar-refractivity contribution in [1.29, 1.82) is 5.26 Å². The SMILES string of the molecule is C=C(C)C(=O)O.C=CC(=O)OCCCC#N. The van der Waals surface area contributed by atoms with E-state index < -0.39 is 11.9 Å². The summed E-state index contributed by atoms with van der Waals surface area (Å²) < 4.78 is 4.59. The highest BCUT2D eigenvalue weighted by molar-refractivity contribution is 5.84. The fourth-order valence-electron chi connectivity index (χ4n) is 0.383. The minimum Gasteiger partial charge on any atom is -0.478 e. The molecule has 0 unspecified atom stereocenters. The van der Waals surface area contributed by atoms with Crippen molar-refractivity contribution < 1.29 is 19.4 Å². The van der Waals surface area contributed by atoms with E-state index in [0.717, 1.165) is 6.08 Å². The number of nitriles is 1. The molecule has 0 atom stereocenters. The number of hydrogen-bond donors (Lipinski definition) is 1. The third kappa shape index (κ3) is 14.4. The smallest absolute Gasteiger partial charge is 0.330 e. The van der Waals surface area contributed by atoms with Gasteiger partial charge in [0.15, 0.2) is 0 Å². The van der Waals surface area contributed by atoms with E-state index >= 15 is 0 Å². The molecule has 16 heavy (non-hydrogen) atoms. The largest absolute Gasteiger partial charge is 0.478 e. The second-order valence-corrected chi connectivity index (χ2v) is 2.72. The van der Waals surface area contributed by atoms with Gasteiger partial charge in [-0.25, -0.2) is 9.59 Å². The summed E-state index contributed by atoms with van der Waals surface area (Å²) in [5.74, 6) is -1.37. The molecule has 0 spiro atoms. The molecule has 0 aromatic carbocycles. The van der Waals surface area contributed by atoms with Crippen LogP contribution in [0.4, 0.5) is 0 Å². The first-order valence-corrected chi connectivity index (χ1v) is 4.50. The summed E-state index contributed by atoms with van der Waals surface area (Å²) in [6.45, 7) is 8.13. The first-order chi connectivity index (χ1) is 7.45. The van der Waals surface area contributed by atoms with E-state index in [1.807, 2.05) is 6.07 Å². The number of unbranched alkanes of at least 4 members (excludes halogenated alkanes) is 1. The van der Waals surface area contributed by atoms with Crippen LogP contribution in [0.1, 0.15) is 19.8 Å². The second-order valence-electron chi connectivity index (χ2n) is 2.72. The Hall–Kier alpha value is -2.09. The van der Waals surface area contributed by atoms with E-state index in [1.54, 1.807) is 0 Å². The van der Waals surface area contributed by atoms with Crippen LogP contribution in [-0.2, 0) is 14.3 Å². The van der Waals surface area contributed by atoms with E-state index in [-0.39, 0.29) is 5.57 Å². The summed E-state index contributed by atoms with van der Waals surface area (Å²) in [6, 6.07) is 1.94. The number of carbonyl (C=O) groups excluding carboxylic acids is 1. The van der Waals surface area contributed by atoms with Crippen molar-refractivity contribution in [1.82, 2.24) is 0 Å². The zero-order valence-electron chi connectivity index (χ0n) is 9.23. The number of rotatable bonds is 5. The first kappa shape index (κ1) is 16.3. The van der Waals surface area contributed by atoms with Gasteiger partial charge in [0, 0.05) is 18.1 Å². The molecule has 0 radical (unpaired) electrons. The quantitative estimate of drug-likeness (QED) is 0.437. The van der Waals surface area contributed by atoms with Crippen LogP contribution in [0.3, 0.4) is 0 Å². The molecule has 0 heterocycles. The maximum atomic E-state index is 10.4. The molecule has 0 amide bonds. The van der Waals surface area contributed by atoms with Crippen molar-refractivity contribution in [2.75, 3.05) is 6.61 Å². The topological polar surface area (TPSA) is 87.4 Å². The Kier molecular flexibility index (Phi) is 11.2. The fourth-order valence-corrected chi connectivity index (χ4v) is 0.383. The number of carbonyl (C=O) groups is 2. The van der Waals surface area contributed by atoms with Gasteiger partial charge in [0.05, 0.1) is 12.7 Å². The summed E-state index contributed by atoms with van der Waals surface area (Å²) in [5, 5.41) is 16.0. The highest BCUT2D eigenvalue weighted by Crippen LogP contribution is 1.88. The lowest BCUT2D eigenvalue weighted by Crippen LogP contribution is -2.00. The summed E-state index contributed by atoms with van der Waals surface area (Å²) in [6.07, 6.45) is 2.12. The third-order valence-electron chi connectivity index (χ3n) is 1.21. The van der Waals surface area contributed by atoms with Crippen LogP contribution in [0.2, 0.25) is 0 Å². The predicted molar refractivity (Wildman–Crippen MR) is 58.5 cm³/mol. The lowest BCUT2D eigenvalue weighted by atomic mass is 10.3. The lowest BCUT2D eigenvalue weighted by Gasteiger charge is -1.96. The Morgan fingerprint density at radius 1 is 1.56 bits per heavy atom. The van der Waals surface area contributed by atoms with Gasteiger partial charge in [0.1, 0.15) is 0 Å². The number of ether oxygens (including phenoxy) is 1. The number of esters is 1. The van der Waals surface area contributed by atoms with Crippen LogP contribution < -0.4 is 0 Å². The van der Waals surface area contributed by atoms with Gasteiger partial charge in [0.2, 0.25) is 0 Å². The zero-order chi connectivity index (χ0) is 13.0. The summed E-state index contributed by atoms with van der Waals surface area (Å²) >= 11 is 0. The van der Waals surface area contributed by atoms with Crippen LogP contribution in [0.15, 0.2) is 24.8 Å². The van der Waals surface area contributed by atoms with E-state index in [9.17, 15) is 9.59 Å². The lowest BCUT2D eigenvalue weighted by molar-refractivity contribution is -0.137. The Labute approximate surface area is 94.6 Å². The average molecular weight is 225 g/mol. The molecule has 0 saturated heterocycles. The Bertz CT molecular complexity index is 290. The van der Waals surface area contributed by atoms with Crippen LogP contribution >= 0.6 is 0 Å². The third-order valence-corrected chi connectivity index (χ3v) is 1.21. The Morgan fingerprint density at radius 3 is 2.38 bits per heavy atom. The van der Waals surface area contributed by atoms with Gasteiger partial charge in [-0.1, -0.05) is 13.2 Å². The molecule has 0 saturated carbocycles. The molecule has 1 N–H and O–H groups in total. The van der Waals surface area contributed by atoms with Gasteiger partial charge in [-0.3, -0.25) is 0 Å². The van der Waals surface area contributed by atoms with E-state index in [0.29, 0.717) is 19.4 Å². The Morgan fingerprint density at radius 2 is 2.06 bits per heavy atom. The molecular weight excluding hydrogens is 210 g/mol. The van der Waals surface area contributed by atoms with Crippen LogP contribution in [-0.4, -0.2) is 23.7 Å². The Balaban J connectivity index is 0. The van der Waals surface area contributed by atoms with Crippen molar-refractivity contribution in [3.63, 3.8) is 0 Å². The highest BCUT2D eigenvalue weighted by Gasteiger charge is 1.92. The van der Waals surface area contributed by atoms with Gasteiger partial charge in [-0.2, -0.15) is 5.26 Å². The second kappa shape index (κ2) is 11.0. The van der Waals surface area contributed by atoms with Crippen molar-refractivity contribution in [2.24, 2.45) is 0 Å². The van der Waals surface area contributed by atoms with Gasteiger partial charge in [-0.05, 0) is 13.3 Å². The summed E-state index contributed by atoms with van der Waals surface area (Å²) in [4.78, 5) is 20.0. The molecule has 0 rings (SSSR count). The molecule has 5 nitrogen and oxygen atoms in total. The van der Waals surface area contributed by atoms with Crippen molar-refractivity contribution in [3.8, 4) is 6.07 Å². The minimum absolute atomic E-state index is 0.176. The maximum Gasteiger partial charge on any atom is 0.330 e.